The van der Waals surface area contributed by atoms with Gasteiger partial charge in [0.25, 0.3) is 0 Å². The van der Waals surface area contributed by atoms with Crippen LogP contribution in [0, 0.1) is 0 Å². The van der Waals surface area contributed by atoms with Gasteiger partial charge in [0.2, 0.25) is 0 Å². The molecule has 0 rings (SSSR count). The molecule has 0 aliphatic rings. The van der Waals surface area contributed by atoms with Crippen LogP contribution in [-0.4, -0.2) is 37.2 Å². The molecule has 0 aliphatic heterocycles. The van der Waals surface area contributed by atoms with Crippen molar-refractivity contribution in [2.24, 2.45) is 0 Å². The fraction of sp³-hybridized carbons (Fsp3) is 0.885. The van der Waals surface area contributed by atoms with E-state index in [1.807, 2.05) is 0 Å². The SMILES string of the molecule is CCCCCCCC/C=C\CCCCCCCCCCCC(=O)OC(COC(=O)CCCCCCC)COC(=O)CCCCCCCCCCCCCCC/C=C\CCCCCCCCCC. The van der Waals surface area contributed by atoms with Crippen LogP contribution in [-0.2, 0) is 28.6 Å². The lowest BCUT2D eigenvalue weighted by Gasteiger charge is -2.18. The lowest BCUT2D eigenvalue weighted by molar-refractivity contribution is -0.167. The molecule has 1 unspecified atom stereocenters. The maximum absolute atomic E-state index is 12.8. The molecule has 0 saturated carbocycles. The zero-order valence-corrected chi connectivity index (χ0v) is 45.2. The van der Waals surface area contributed by atoms with Crippen molar-refractivity contribution in [2.75, 3.05) is 13.2 Å². The van der Waals surface area contributed by atoms with Crippen LogP contribution >= 0.6 is 0 Å². The van der Waals surface area contributed by atoms with Crippen LogP contribution in [0.4, 0.5) is 0 Å². The van der Waals surface area contributed by atoms with Crippen LogP contribution in [0.5, 0.6) is 0 Å². The molecule has 0 aromatic carbocycles. The Bertz CT molecular complexity index is 1080. The number of rotatable bonds is 55. The fourth-order valence-corrected chi connectivity index (χ4v) is 8.91. The third-order valence-electron chi connectivity index (χ3n) is 13.4. The normalized spacial score (nSPS) is 12.1. The van der Waals surface area contributed by atoms with E-state index in [1.54, 1.807) is 0 Å². The minimum Gasteiger partial charge on any atom is -0.462 e. The standard InChI is InChI=1S/C61H114O6/c1-4-7-10-13-15-17-19-21-23-25-27-28-29-30-31-32-34-35-37-39-41-43-45-48-51-54-60(63)66-57-58(56-65-59(62)53-50-47-12-9-6-3)67-61(64)55-52-49-46-44-42-40-38-36-33-26-24-22-20-18-16-14-11-8-5-2/h22,24-25,27,58H,4-21,23,26,28-57H2,1-3H3/b24-22-,27-25-. The molecule has 0 fully saturated rings. The van der Waals surface area contributed by atoms with Gasteiger partial charge < -0.3 is 14.2 Å². The number of hydrogen-bond donors (Lipinski definition) is 0. The van der Waals surface area contributed by atoms with Gasteiger partial charge in [-0.15, -0.1) is 0 Å². The predicted molar refractivity (Wildman–Crippen MR) is 289 cm³/mol. The Balaban J connectivity index is 4.02. The predicted octanol–water partition coefficient (Wildman–Crippen LogP) is 19.9. The van der Waals surface area contributed by atoms with Crippen LogP contribution in [0.15, 0.2) is 24.3 Å². The third-order valence-corrected chi connectivity index (χ3v) is 13.4. The minimum absolute atomic E-state index is 0.0688. The minimum atomic E-state index is -0.766. The topological polar surface area (TPSA) is 78.9 Å². The van der Waals surface area contributed by atoms with Crippen molar-refractivity contribution in [3.05, 3.63) is 24.3 Å². The summed E-state index contributed by atoms with van der Waals surface area (Å²) in [5.74, 6) is -0.867. The molecule has 0 N–H and O–H groups in total. The third kappa shape index (κ3) is 54.7. The molecule has 394 valence electrons. The second-order valence-electron chi connectivity index (χ2n) is 20.3. The first-order valence-corrected chi connectivity index (χ1v) is 29.8. The Morgan fingerprint density at radius 3 is 0.746 bits per heavy atom. The maximum Gasteiger partial charge on any atom is 0.306 e. The molecule has 6 heteroatoms. The summed E-state index contributed by atoms with van der Waals surface area (Å²) in [4.78, 5) is 37.8. The first kappa shape index (κ1) is 64.9. The molecule has 0 bridgehead atoms. The van der Waals surface area contributed by atoms with Crippen LogP contribution in [0.25, 0.3) is 0 Å². The van der Waals surface area contributed by atoms with Crippen molar-refractivity contribution in [1.82, 2.24) is 0 Å². The molecule has 0 spiro atoms. The summed E-state index contributed by atoms with van der Waals surface area (Å²) >= 11 is 0. The van der Waals surface area contributed by atoms with Gasteiger partial charge in [-0.2, -0.15) is 0 Å². The van der Waals surface area contributed by atoms with Crippen LogP contribution in [0.2, 0.25) is 0 Å². The summed E-state index contributed by atoms with van der Waals surface area (Å²) in [5.41, 5.74) is 0. The summed E-state index contributed by atoms with van der Waals surface area (Å²) in [6.45, 7) is 6.60. The Labute approximate surface area is 417 Å². The van der Waals surface area contributed by atoms with E-state index in [9.17, 15) is 14.4 Å². The number of allylic oxidation sites excluding steroid dienone is 4. The van der Waals surface area contributed by atoms with E-state index in [-0.39, 0.29) is 31.1 Å². The molecule has 0 saturated heterocycles. The zero-order valence-electron chi connectivity index (χ0n) is 45.2. The highest BCUT2D eigenvalue weighted by Crippen LogP contribution is 2.17. The molecule has 1 atom stereocenters. The number of unbranched alkanes of at least 4 members (excludes halogenated alkanes) is 40. The average molecular weight is 944 g/mol. The summed E-state index contributed by atoms with van der Waals surface area (Å²) < 4.78 is 16.7. The van der Waals surface area contributed by atoms with Gasteiger partial charge in [0.15, 0.2) is 6.10 Å². The van der Waals surface area contributed by atoms with E-state index in [4.69, 9.17) is 14.2 Å². The largest absolute Gasteiger partial charge is 0.462 e. The van der Waals surface area contributed by atoms with Crippen molar-refractivity contribution in [3.63, 3.8) is 0 Å². The summed E-state index contributed by atoms with van der Waals surface area (Å²) in [6.07, 6.45) is 66.5. The van der Waals surface area contributed by atoms with Crippen LogP contribution in [0.3, 0.4) is 0 Å². The van der Waals surface area contributed by atoms with E-state index in [0.717, 1.165) is 64.2 Å². The number of carbonyl (C=O) groups is 3. The second kappa shape index (κ2) is 56.5. The van der Waals surface area contributed by atoms with Crippen molar-refractivity contribution in [1.29, 1.82) is 0 Å². The summed E-state index contributed by atoms with van der Waals surface area (Å²) in [7, 11) is 0. The molecule has 67 heavy (non-hydrogen) atoms. The van der Waals surface area contributed by atoms with Crippen molar-refractivity contribution in [2.45, 2.75) is 335 Å². The Kier molecular flexibility index (Phi) is 54.7. The molecule has 0 aromatic heterocycles. The van der Waals surface area contributed by atoms with Gasteiger partial charge in [0, 0.05) is 19.3 Å². The van der Waals surface area contributed by atoms with Crippen LogP contribution in [0.1, 0.15) is 329 Å². The highest BCUT2D eigenvalue weighted by atomic mass is 16.6. The molecule has 0 radical (unpaired) electrons. The molecule has 0 aromatic rings. The van der Waals surface area contributed by atoms with E-state index < -0.39 is 6.10 Å². The summed E-state index contributed by atoms with van der Waals surface area (Å²) in [5, 5.41) is 0. The lowest BCUT2D eigenvalue weighted by atomic mass is 10.0. The summed E-state index contributed by atoms with van der Waals surface area (Å²) in [6, 6.07) is 0. The highest BCUT2D eigenvalue weighted by Gasteiger charge is 2.19. The number of ether oxygens (including phenoxy) is 3. The van der Waals surface area contributed by atoms with Gasteiger partial charge in [0.1, 0.15) is 13.2 Å². The highest BCUT2D eigenvalue weighted by molar-refractivity contribution is 5.71. The second-order valence-corrected chi connectivity index (χ2v) is 20.3. The molecule has 0 heterocycles. The van der Waals surface area contributed by atoms with Crippen molar-refractivity contribution >= 4 is 17.9 Å². The maximum atomic E-state index is 12.8. The lowest BCUT2D eigenvalue weighted by Crippen LogP contribution is -2.30. The quantitative estimate of drug-likeness (QED) is 0.0262. The van der Waals surface area contributed by atoms with Crippen molar-refractivity contribution < 1.29 is 28.6 Å². The Morgan fingerprint density at radius 1 is 0.284 bits per heavy atom. The number of carbonyl (C=O) groups excluding carboxylic acids is 3. The number of esters is 3. The Morgan fingerprint density at radius 2 is 0.493 bits per heavy atom. The van der Waals surface area contributed by atoms with E-state index in [1.165, 1.54) is 225 Å². The fourth-order valence-electron chi connectivity index (χ4n) is 8.91. The molecule has 6 nitrogen and oxygen atoms in total. The van der Waals surface area contributed by atoms with Gasteiger partial charge in [-0.25, -0.2) is 0 Å². The van der Waals surface area contributed by atoms with Gasteiger partial charge in [-0.3, -0.25) is 14.4 Å². The molecule has 0 aliphatic carbocycles. The first-order valence-electron chi connectivity index (χ1n) is 29.8. The van der Waals surface area contributed by atoms with E-state index >= 15 is 0 Å². The molecular weight excluding hydrogens is 829 g/mol. The average Bonchev–Trinajstić information content (AvgIpc) is 3.33. The van der Waals surface area contributed by atoms with Gasteiger partial charge in [-0.1, -0.05) is 263 Å². The van der Waals surface area contributed by atoms with Crippen LogP contribution < -0.4 is 0 Å². The van der Waals surface area contributed by atoms with Gasteiger partial charge in [0.05, 0.1) is 0 Å². The smallest absolute Gasteiger partial charge is 0.306 e. The monoisotopic (exact) mass is 943 g/mol. The molecule has 0 amide bonds. The van der Waals surface area contributed by atoms with Crippen molar-refractivity contribution in [3.8, 4) is 0 Å². The zero-order chi connectivity index (χ0) is 48.6. The van der Waals surface area contributed by atoms with Gasteiger partial charge >= 0.3 is 17.9 Å². The Hall–Kier alpha value is -2.11. The first-order chi connectivity index (χ1) is 33.0. The van der Waals surface area contributed by atoms with E-state index in [2.05, 4.69) is 45.1 Å². The van der Waals surface area contributed by atoms with Gasteiger partial charge in [-0.05, 0) is 70.6 Å². The number of hydrogen-bond acceptors (Lipinski definition) is 6. The molecular formula is C61H114O6. The van der Waals surface area contributed by atoms with E-state index in [0.29, 0.717) is 19.3 Å².